The minimum atomic E-state index is -0.548. The summed E-state index contributed by atoms with van der Waals surface area (Å²) >= 11 is 0. The molecule has 1 aliphatic carbocycles. The van der Waals surface area contributed by atoms with Crippen molar-refractivity contribution in [1.29, 1.82) is 0 Å². The van der Waals surface area contributed by atoms with E-state index in [0.29, 0.717) is 12.4 Å². The van der Waals surface area contributed by atoms with E-state index in [0.717, 1.165) is 19.3 Å². The third-order valence-corrected chi connectivity index (χ3v) is 3.74. The van der Waals surface area contributed by atoms with Crippen LogP contribution in [0.2, 0.25) is 11.1 Å². The lowest BCUT2D eigenvalue weighted by Gasteiger charge is -2.40. The van der Waals surface area contributed by atoms with Crippen molar-refractivity contribution < 1.29 is 9.84 Å². The van der Waals surface area contributed by atoms with E-state index in [1.54, 1.807) is 0 Å². The summed E-state index contributed by atoms with van der Waals surface area (Å²) in [6, 6.07) is 0. The van der Waals surface area contributed by atoms with E-state index in [-0.39, 0.29) is 5.31 Å². The van der Waals surface area contributed by atoms with Gasteiger partial charge in [-0.25, -0.2) is 0 Å². The summed E-state index contributed by atoms with van der Waals surface area (Å²) in [6.07, 6.45) is 6.52. The molecular formula is C11H20BO2. The molecule has 2 atom stereocenters. The lowest BCUT2D eigenvalue weighted by molar-refractivity contribution is -0.130. The third-order valence-electron chi connectivity index (χ3n) is 3.74. The minimum Gasteiger partial charge on any atom is -0.368 e. The molecule has 2 unspecified atom stereocenters. The van der Waals surface area contributed by atoms with Crippen molar-refractivity contribution in [3.8, 4) is 0 Å². The zero-order valence-electron chi connectivity index (χ0n) is 9.04. The van der Waals surface area contributed by atoms with E-state index in [2.05, 4.69) is 14.2 Å². The molecule has 0 amide bonds. The van der Waals surface area contributed by atoms with Crippen LogP contribution >= 0.6 is 0 Å². The highest BCUT2D eigenvalue weighted by Gasteiger charge is 2.42. The second kappa shape index (κ2) is 4.24. The van der Waals surface area contributed by atoms with Gasteiger partial charge in [-0.05, 0) is 11.7 Å². The molecule has 1 radical (unpaired) electrons. The SMILES string of the molecule is CC1[B]C2(CCCCC2)C(O)OCC1. The Bertz CT molecular complexity index is 190. The van der Waals surface area contributed by atoms with Gasteiger partial charge in [-0.3, -0.25) is 0 Å². The van der Waals surface area contributed by atoms with Gasteiger partial charge in [-0.2, -0.15) is 0 Å². The highest BCUT2D eigenvalue weighted by molar-refractivity contribution is 6.42. The number of aliphatic hydroxyl groups is 1. The molecule has 2 nitrogen and oxygen atoms in total. The van der Waals surface area contributed by atoms with Gasteiger partial charge in [0.15, 0.2) is 6.29 Å². The predicted octanol–water partition coefficient (Wildman–Crippen LogP) is 2.36. The maximum Gasteiger partial charge on any atom is 0.152 e. The first-order chi connectivity index (χ1) is 6.73. The van der Waals surface area contributed by atoms with Gasteiger partial charge >= 0.3 is 0 Å². The molecule has 0 aromatic heterocycles. The Balaban J connectivity index is 2.10. The van der Waals surface area contributed by atoms with Crippen LogP contribution in [0.4, 0.5) is 0 Å². The van der Waals surface area contributed by atoms with E-state index in [1.165, 1.54) is 19.3 Å². The van der Waals surface area contributed by atoms with Gasteiger partial charge < -0.3 is 9.84 Å². The average molecular weight is 195 g/mol. The van der Waals surface area contributed by atoms with E-state index < -0.39 is 6.29 Å². The van der Waals surface area contributed by atoms with Gasteiger partial charge in [0.2, 0.25) is 0 Å². The zero-order chi connectivity index (χ0) is 10.0. The molecule has 2 fully saturated rings. The van der Waals surface area contributed by atoms with Crippen LogP contribution < -0.4 is 0 Å². The summed E-state index contributed by atoms with van der Waals surface area (Å²) in [5.41, 5.74) is 0. The van der Waals surface area contributed by atoms with Crippen LogP contribution in [0.15, 0.2) is 0 Å². The molecule has 1 spiro atoms. The standard InChI is InChI=1S/C11H20BO2/c1-9-5-8-14-10(13)11(12-9)6-3-2-4-7-11/h9-10,13H,2-8H2,1H3. The molecule has 2 rings (SSSR count). The fourth-order valence-electron chi connectivity index (χ4n) is 2.89. The Morgan fingerprint density at radius 3 is 2.71 bits per heavy atom. The van der Waals surface area contributed by atoms with E-state index in [4.69, 9.17) is 4.74 Å². The van der Waals surface area contributed by atoms with Gasteiger partial charge in [0.25, 0.3) is 0 Å². The monoisotopic (exact) mass is 195 g/mol. The third kappa shape index (κ3) is 1.99. The van der Waals surface area contributed by atoms with Crippen molar-refractivity contribution in [1.82, 2.24) is 0 Å². The van der Waals surface area contributed by atoms with Crippen LogP contribution in [0.5, 0.6) is 0 Å². The molecule has 1 saturated carbocycles. The van der Waals surface area contributed by atoms with Crippen LogP contribution in [0, 0.1) is 0 Å². The molecule has 3 heteroatoms. The topological polar surface area (TPSA) is 29.5 Å². The normalized spacial score (nSPS) is 37.6. The molecule has 1 saturated heterocycles. The van der Waals surface area contributed by atoms with Gasteiger partial charge in [-0.15, -0.1) is 0 Å². The summed E-state index contributed by atoms with van der Waals surface area (Å²) in [7, 11) is 2.36. The lowest BCUT2D eigenvalue weighted by Crippen LogP contribution is -2.36. The predicted molar refractivity (Wildman–Crippen MR) is 57.5 cm³/mol. The summed E-state index contributed by atoms with van der Waals surface area (Å²) in [4.78, 5) is 0. The highest BCUT2D eigenvalue weighted by Crippen LogP contribution is 2.49. The molecule has 1 N–H and O–H groups in total. The number of hydrogen-bond donors (Lipinski definition) is 1. The molecule has 0 aromatic rings. The Morgan fingerprint density at radius 2 is 2.00 bits per heavy atom. The lowest BCUT2D eigenvalue weighted by atomic mass is 9.41. The van der Waals surface area contributed by atoms with Crippen molar-refractivity contribution in [2.75, 3.05) is 6.61 Å². The second-order valence-electron chi connectivity index (χ2n) is 4.95. The minimum absolute atomic E-state index is 0.0197. The molecule has 0 bridgehead atoms. The number of aliphatic hydroxyl groups excluding tert-OH is 1. The zero-order valence-corrected chi connectivity index (χ0v) is 9.04. The van der Waals surface area contributed by atoms with E-state index >= 15 is 0 Å². The maximum atomic E-state index is 10.0. The maximum absolute atomic E-state index is 10.0. The van der Waals surface area contributed by atoms with Gasteiger partial charge in [0, 0.05) is 6.61 Å². The number of rotatable bonds is 0. The van der Waals surface area contributed by atoms with Crippen LogP contribution in [0.25, 0.3) is 0 Å². The smallest absolute Gasteiger partial charge is 0.152 e. The van der Waals surface area contributed by atoms with E-state index in [1.807, 2.05) is 0 Å². The fraction of sp³-hybridized carbons (Fsp3) is 1.00. The van der Waals surface area contributed by atoms with Crippen LogP contribution in [0.1, 0.15) is 45.4 Å². The number of hydrogen-bond acceptors (Lipinski definition) is 2. The van der Waals surface area contributed by atoms with Crippen molar-refractivity contribution in [2.45, 2.75) is 62.9 Å². The first-order valence-electron chi connectivity index (χ1n) is 5.89. The largest absolute Gasteiger partial charge is 0.368 e. The molecule has 79 valence electrons. The molecule has 0 aromatic carbocycles. The average Bonchev–Trinajstić information content (AvgIpc) is 2.29. The summed E-state index contributed by atoms with van der Waals surface area (Å²) in [6.45, 7) is 2.94. The summed E-state index contributed by atoms with van der Waals surface area (Å²) in [5.74, 6) is 0.588. The summed E-state index contributed by atoms with van der Waals surface area (Å²) in [5, 5.41) is 10.0. The molecule has 1 aliphatic heterocycles. The van der Waals surface area contributed by atoms with Crippen molar-refractivity contribution >= 4 is 7.28 Å². The number of ether oxygens (including phenoxy) is 1. The Hall–Kier alpha value is -0.0151. The first kappa shape index (κ1) is 10.5. The van der Waals surface area contributed by atoms with Crippen LogP contribution in [0.3, 0.4) is 0 Å². The molecule has 2 aliphatic rings. The highest BCUT2D eigenvalue weighted by atomic mass is 16.6. The Morgan fingerprint density at radius 1 is 1.29 bits per heavy atom. The van der Waals surface area contributed by atoms with Crippen molar-refractivity contribution in [3.63, 3.8) is 0 Å². The van der Waals surface area contributed by atoms with Crippen LogP contribution in [-0.4, -0.2) is 25.3 Å². The molecule has 14 heavy (non-hydrogen) atoms. The first-order valence-corrected chi connectivity index (χ1v) is 5.89. The molecular weight excluding hydrogens is 175 g/mol. The fourth-order valence-corrected chi connectivity index (χ4v) is 2.89. The Kier molecular flexibility index (Phi) is 3.18. The van der Waals surface area contributed by atoms with E-state index in [9.17, 15) is 5.11 Å². The summed E-state index contributed by atoms with van der Waals surface area (Å²) < 4.78 is 5.49. The second-order valence-corrected chi connectivity index (χ2v) is 4.95. The van der Waals surface area contributed by atoms with Crippen molar-refractivity contribution in [3.05, 3.63) is 0 Å². The van der Waals surface area contributed by atoms with Gasteiger partial charge in [-0.1, -0.05) is 44.8 Å². The van der Waals surface area contributed by atoms with Crippen LogP contribution in [-0.2, 0) is 4.74 Å². The van der Waals surface area contributed by atoms with Gasteiger partial charge in [0.05, 0.1) is 0 Å². The molecule has 1 heterocycles. The van der Waals surface area contributed by atoms with Crippen molar-refractivity contribution in [2.24, 2.45) is 0 Å². The van der Waals surface area contributed by atoms with Gasteiger partial charge in [0.1, 0.15) is 7.28 Å². The Labute approximate surface area is 87.3 Å². The quantitative estimate of drug-likeness (QED) is 0.601.